The maximum Gasteiger partial charge on any atom is 0.193 e. The predicted octanol–water partition coefficient (Wildman–Crippen LogP) is 12.5. The fourth-order valence-electron chi connectivity index (χ4n) is 7.88. The third-order valence-corrected chi connectivity index (χ3v) is 11.3. The number of rotatable bonds is 11. The topological polar surface area (TPSA) is 61.8 Å². The normalized spacial score (nSPS) is 13.6. The van der Waals surface area contributed by atoms with Crippen LogP contribution in [0.4, 0.5) is 0 Å². The maximum atomic E-state index is 13.3. The van der Waals surface area contributed by atoms with Crippen LogP contribution >= 0.6 is 0 Å². The molecule has 0 amide bonds. The van der Waals surface area contributed by atoms with Crippen LogP contribution in [0.1, 0.15) is 103 Å². The zero-order chi connectivity index (χ0) is 38.7. The highest BCUT2D eigenvalue weighted by Crippen LogP contribution is 2.46. The highest BCUT2D eigenvalue weighted by molar-refractivity contribution is 6.10. The molecule has 1 fully saturated rings. The second-order valence-electron chi connectivity index (χ2n) is 15.0. The Morgan fingerprint density at radius 1 is 0.436 bits per heavy atom. The van der Waals surface area contributed by atoms with E-state index in [9.17, 15) is 9.59 Å². The summed E-state index contributed by atoms with van der Waals surface area (Å²) in [5, 5.41) is 0. The lowest BCUT2D eigenvalue weighted by Gasteiger charge is -2.38. The lowest BCUT2D eigenvalue weighted by Crippen LogP contribution is -2.30. The largest absolute Gasteiger partial charge is 0.496 e. The molecule has 0 atom stereocenters. The van der Waals surface area contributed by atoms with Crippen LogP contribution in [-0.2, 0) is 5.41 Å². The first-order valence-corrected chi connectivity index (χ1v) is 19.1. The maximum absolute atomic E-state index is 13.3. The first kappa shape index (κ1) is 37.4. The summed E-state index contributed by atoms with van der Waals surface area (Å²) in [5.41, 5.74) is 10.1. The quantitative estimate of drug-likeness (QED) is 0.124. The molecule has 0 spiro atoms. The Balaban J connectivity index is 1.05. The molecule has 278 valence electrons. The van der Waals surface area contributed by atoms with E-state index >= 15 is 0 Å². The van der Waals surface area contributed by atoms with Crippen molar-refractivity contribution in [1.29, 1.82) is 0 Å². The third-order valence-electron chi connectivity index (χ3n) is 11.3. The van der Waals surface area contributed by atoms with Crippen LogP contribution in [0.15, 0.2) is 121 Å². The van der Waals surface area contributed by atoms with Crippen molar-refractivity contribution < 1.29 is 23.8 Å². The summed E-state index contributed by atoms with van der Waals surface area (Å²) in [6.07, 6.45) is 5.73. The molecular weight excluding hydrogens is 681 g/mol. The number of carbonyl (C=O) groups is 2. The lowest BCUT2D eigenvalue weighted by atomic mass is 9.65. The Kier molecular flexibility index (Phi) is 10.7. The van der Waals surface area contributed by atoms with Gasteiger partial charge in [0.2, 0.25) is 0 Å². The standard InChI is InChI=1S/C50H48O5/c1-32-10-11-37(28-33(32)2)48(51)39-13-24-46(35(4)30-39)54-43-19-15-41(16-20-43)50(26-8-7-9-27-50)42-17-21-44(22-18-42)55-47-25-14-40(31-36(47)5)49(52)38-12-23-45(53-6)34(3)29-38/h10-25,28-31H,7-9,26-27H2,1-6H3. The van der Waals surface area contributed by atoms with Gasteiger partial charge in [-0.2, -0.15) is 0 Å². The van der Waals surface area contributed by atoms with E-state index in [1.165, 1.54) is 36.0 Å². The first-order chi connectivity index (χ1) is 26.5. The second-order valence-corrected chi connectivity index (χ2v) is 15.0. The van der Waals surface area contributed by atoms with Crippen molar-refractivity contribution in [3.63, 3.8) is 0 Å². The van der Waals surface area contributed by atoms with Crippen molar-refractivity contribution in [2.24, 2.45) is 0 Å². The molecule has 6 aromatic rings. The summed E-state index contributed by atoms with van der Waals surface area (Å²) in [4.78, 5) is 26.5. The molecule has 0 N–H and O–H groups in total. The van der Waals surface area contributed by atoms with Crippen LogP contribution in [0.2, 0.25) is 0 Å². The summed E-state index contributed by atoms with van der Waals surface area (Å²) >= 11 is 0. The SMILES string of the molecule is COc1ccc(C(=O)c2ccc(Oc3ccc(C4(c5ccc(Oc6ccc(C(=O)c7ccc(C)c(C)c7)cc6C)cc5)CCCCC4)cc3)c(C)c2)cc1C. The zero-order valence-electron chi connectivity index (χ0n) is 32.6. The molecule has 6 aromatic carbocycles. The van der Waals surface area contributed by atoms with E-state index in [1.807, 2.05) is 94.4 Å². The number of hydrogen-bond donors (Lipinski definition) is 0. The van der Waals surface area contributed by atoms with Gasteiger partial charge in [0.15, 0.2) is 11.6 Å². The van der Waals surface area contributed by atoms with Crippen LogP contribution in [0.3, 0.4) is 0 Å². The van der Waals surface area contributed by atoms with Crippen molar-refractivity contribution in [2.75, 3.05) is 7.11 Å². The Hall–Kier alpha value is -5.94. The van der Waals surface area contributed by atoms with E-state index in [0.717, 1.165) is 63.8 Å². The highest BCUT2D eigenvalue weighted by atomic mass is 16.5. The van der Waals surface area contributed by atoms with Crippen LogP contribution in [0, 0.1) is 34.6 Å². The predicted molar refractivity (Wildman–Crippen MR) is 220 cm³/mol. The molecule has 0 aliphatic heterocycles. The number of methoxy groups -OCH3 is 1. The van der Waals surface area contributed by atoms with Gasteiger partial charge in [-0.1, -0.05) is 55.7 Å². The number of carbonyl (C=O) groups excluding carboxylic acids is 2. The van der Waals surface area contributed by atoms with Gasteiger partial charge in [0.1, 0.15) is 28.7 Å². The highest BCUT2D eigenvalue weighted by Gasteiger charge is 2.35. The Morgan fingerprint density at radius 3 is 1.20 bits per heavy atom. The van der Waals surface area contributed by atoms with E-state index in [1.54, 1.807) is 13.2 Å². The van der Waals surface area contributed by atoms with Crippen molar-refractivity contribution in [1.82, 2.24) is 0 Å². The van der Waals surface area contributed by atoms with Gasteiger partial charge in [-0.15, -0.1) is 0 Å². The van der Waals surface area contributed by atoms with E-state index in [4.69, 9.17) is 14.2 Å². The minimum absolute atomic E-state index is 0.0117. The first-order valence-electron chi connectivity index (χ1n) is 19.1. The molecule has 5 nitrogen and oxygen atoms in total. The lowest BCUT2D eigenvalue weighted by molar-refractivity contribution is 0.103. The Bertz CT molecular complexity index is 2360. The third kappa shape index (κ3) is 7.84. The molecular formula is C50H48O5. The number of hydrogen-bond acceptors (Lipinski definition) is 5. The van der Waals surface area contributed by atoms with E-state index in [0.29, 0.717) is 22.3 Å². The molecule has 1 aliphatic carbocycles. The summed E-state index contributed by atoms with van der Waals surface area (Å²) in [5.74, 6) is 3.71. The summed E-state index contributed by atoms with van der Waals surface area (Å²) in [6.45, 7) is 9.96. The van der Waals surface area contributed by atoms with Gasteiger partial charge in [0.05, 0.1) is 7.11 Å². The van der Waals surface area contributed by atoms with Gasteiger partial charge in [-0.05, 0) is 171 Å². The van der Waals surface area contributed by atoms with Crippen LogP contribution in [-0.4, -0.2) is 18.7 Å². The molecule has 0 unspecified atom stereocenters. The van der Waals surface area contributed by atoms with Crippen LogP contribution < -0.4 is 14.2 Å². The van der Waals surface area contributed by atoms with Gasteiger partial charge >= 0.3 is 0 Å². The molecule has 0 saturated heterocycles. The average Bonchev–Trinajstić information content (AvgIpc) is 3.20. The summed E-state index contributed by atoms with van der Waals surface area (Å²) in [7, 11) is 1.63. The molecule has 1 aliphatic rings. The van der Waals surface area contributed by atoms with Gasteiger partial charge in [-0.25, -0.2) is 0 Å². The minimum Gasteiger partial charge on any atom is -0.496 e. The molecule has 0 heterocycles. The van der Waals surface area contributed by atoms with Crippen LogP contribution in [0.5, 0.6) is 28.7 Å². The average molecular weight is 729 g/mol. The zero-order valence-corrected chi connectivity index (χ0v) is 32.6. The van der Waals surface area contributed by atoms with E-state index in [-0.39, 0.29) is 17.0 Å². The van der Waals surface area contributed by atoms with Gasteiger partial charge in [0.25, 0.3) is 0 Å². The summed E-state index contributed by atoms with van der Waals surface area (Å²) in [6, 6.07) is 39.6. The monoisotopic (exact) mass is 728 g/mol. The van der Waals surface area contributed by atoms with E-state index < -0.39 is 0 Å². The number of ether oxygens (including phenoxy) is 3. The fourth-order valence-corrected chi connectivity index (χ4v) is 7.88. The Morgan fingerprint density at radius 2 is 0.818 bits per heavy atom. The Labute approximate surface area is 324 Å². The van der Waals surface area contributed by atoms with Gasteiger partial charge in [0, 0.05) is 27.7 Å². The van der Waals surface area contributed by atoms with Crippen molar-refractivity contribution >= 4 is 11.6 Å². The molecule has 5 heteroatoms. The molecule has 0 bridgehead atoms. The number of ketones is 2. The fraction of sp³-hybridized carbons (Fsp3) is 0.240. The van der Waals surface area contributed by atoms with Gasteiger partial charge in [-0.3, -0.25) is 9.59 Å². The molecule has 55 heavy (non-hydrogen) atoms. The minimum atomic E-state index is -0.0979. The molecule has 7 rings (SSSR count). The summed E-state index contributed by atoms with van der Waals surface area (Å²) < 4.78 is 18.1. The van der Waals surface area contributed by atoms with Crippen LogP contribution in [0.25, 0.3) is 0 Å². The number of benzene rings is 6. The van der Waals surface area contributed by atoms with E-state index in [2.05, 4.69) is 55.5 Å². The van der Waals surface area contributed by atoms with Crippen molar-refractivity contribution in [2.45, 2.75) is 72.1 Å². The smallest absolute Gasteiger partial charge is 0.193 e. The van der Waals surface area contributed by atoms with Crippen molar-refractivity contribution in [3.8, 4) is 28.7 Å². The van der Waals surface area contributed by atoms with Gasteiger partial charge < -0.3 is 14.2 Å². The number of aryl methyl sites for hydroxylation is 5. The second kappa shape index (κ2) is 15.8. The van der Waals surface area contributed by atoms with Crippen molar-refractivity contribution in [3.05, 3.63) is 183 Å². The molecule has 1 saturated carbocycles. The molecule has 0 aromatic heterocycles. The molecule has 0 radical (unpaired) electrons.